The molecule has 24 heavy (non-hydrogen) atoms. The van der Waals surface area contributed by atoms with Crippen LogP contribution < -0.4 is 5.32 Å². The monoisotopic (exact) mass is 320 g/mol. The second-order valence-electron chi connectivity index (χ2n) is 5.14. The Morgan fingerprint density at radius 3 is 2.62 bits per heavy atom. The number of benzene rings is 2. The molecule has 1 amide bonds. The van der Waals surface area contributed by atoms with Gasteiger partial charge in [0.2, 0.25) is 0 Å². The molecule has 0 radical (unpaired) electrons. The van der Waals surface area contributed by atoms with Crippen LogP contribution in [0.1, 0.15) is 16.1 Å². The molecular weight excluding hydrogens is 304 g/mol. The first kappa shape index (κ1) is 15.5. The maximum Gasteiger partial charge on any atom is 0.276 e. The molecule has 3 rings (SSSR count). The normalized spacial score (nSPS) is 10.9. The van der Waals surface area contributed by atoms with E-state index in [2.05, 4.69) is 15.4 Å². The standard InChI is InChI=1S/C18H16N4O2/c1-22-17(18(24)21-14-8-3-2-4-9-14)15(12-20-22)19-11-13-7-5-6-10-16(13)23/h2-12,23H,1H3,(H,21,24). The highest BCUT2D eigenvalue weighted by atomic mass is 16.3. The first-order valence-electron chi connectivity index (χ1n) is 7.35. The van der Waals surface area contributed by atoms with E-state index in [1.165, 1.54) is 17.1 Å². The highest BCUT2D eigenvalue weighted by Gasteiger charge is 2.16. The number of nitrogens with one attached hydrogen (secondary N) is 1. The molecule has 0 saturated heterocycles. The topological polar surface area (TPSA) is 79.5 Å². The molecule has 3 aromatic rings. The molecule has 1 heterocycles. The van der Waals surface area contributed by atoms with Crippen LogP contribution in [0.25, 0.3) is 0 Å². The van der Waals surface area contributed by atoms with Gasteiger partial charge in [0.25, 0.3) is 5.91 Å². The predicted octanol–water partition coefficient (Wildman–Crippen LogP) is 3.13. The summed E-state index contributed by atoms with van der Waals surface area (Å²) < 4.78 is 1.47. The van der Waals surface area contributed by atoms with E-state index in [0.29, 0.717) is 22.6 Å². The minimum Gasteiger partial charge on any atom is -0.507 e. The Morgan fingerprint density at radius 1 is 1.17 bits per heavy atom. The quantitative estimate of drug-likeness (QED) is 0.725. The molecule has 0 atom stereocenters. The molecular formula is C18H16N4O2. The number of hydrogen-bond acceptors (Lipinski definition) is 4. The molecule has 0 aliphatic rings. The minimum absolute atomic E-state index is 0.125. The summed E-state index contributed by atoms with van der Waals surface area (Å²) in [5, 5.41) is 16.7. The van der Waals surface area contributed by atoms with Crippen LogP contribution in [0.3, 0.4) is 0 Å². The van der Waals surface area contributed by atoms with Crippen molar-refractivity contribution in [1.29, 1.82) is 0 Å². The molecule has 0 aliphatic carbocycles. The summed E-state index contributed by atoms with van der Waals surface area (Å²) in [6, 6.07) is 16.0. The van der Waals surface area contributed by atoms with Gasteiger partial charge in [-0.25, -0.2) is 0 Å². The summed E-state index contributed by atoms with van der Waals surface area (Å²) in [6.07, 6.45) is 3.02. The van der Waals surface area contributed by atoms with Gasteiger partial charge in [0.05, 0.1) is 6.20 Å². The van der Waals surface area contributed by atoms with Crippen LogP contribution in [0.5, 0.6) is 5.75 Å². The van der Waals surface area contributed by atoms with E-state index < -0.39 is 0 Å². The van der Waals surface area contributed by atoms with Crippen molar-refractivity contribution in [1.82, 2.24) is 9.78 Å². The molecule has 0 unspecified atom stereocenters. The number of hydrogen-bond donors (Lipinski definition) is 2. The van der Waals surface area contributed by atoms with E-state index in [9.17, 15) is 9.90 Å². The molecule has 0 saturated carbocycles. The molecule has 0 fully saturated rings. The smallest absolute Gasteiger partial charge is 0.276 e. The zero-order valence-corrected chi connectivity index (χ0v) is 13.0. The number of phenolic OH excluding ortho intramolecular Hbond substituents is 1. The van der Waals surface area contributed by atoms with Gasteiger partial charge >= 0.3 is 0 Å². The van der Waals surface area contributed by atoms with Crippen LogP contribution in [0.4, 0.5) is 11.4 Å². The van der Waals surface area contributed by atoms with E-state index in [0.717, 1.165) is 0 Å². The summed E-state index contributed by atoms with van der Waals surface area (Å²) in [6.45, 7) is 0. The summed E-state index contributed by atoms with van der Waals surface area (Å²) in [4.78, 5) is 16.8. The highest BCUT2D eigenvalue weighted by molar-refractivity contribution is 6.06. The number of aliphatic imine (C=N–C) groups is 1. The Balaban J connectivity index is 1.86. The first-order valence-corrected chi connectivity index (χ1v) is 7.35. The van der Waals surface area contributed by atoms with Gasteiger partial charge in [0, 0.05) is 24.5 Å². The number of carbonyl (C=O) groups is 1. The Labute approximate surface area is 139 Å². The number of nitrogens with zero attached hydrogens (tertiary/aromatic N) is 3. The maximum absolute atomic E-state index is 12.5. The van der Waals surface area contributed by atoms with Crippen molar-refractivity contribution in [2.45, 2.75) is 0 Å². The molecule has 1 aromatic heterocycles. The van der Waals surface area contributed by atoms with Gasteiger partial charge in [-0.2, -0.15) is 5.10 Å². The van der Waals surface area contributed by atoms with Crippen LogP contribution >= 0.6 is 0 Å². The zero-order chi connectivity index (χ0) is 16.9. The lowest BCUT2D eigenvalue weighted by Crippen LogP contribution is -2.16. The van der Waals surface area contributed by atoms with Gasteiger partial charge in [-0.15, -0.1) is 0 Å². The van der Waals surface area contributed by atoms with Crippen molar-refractivity contribution in [2.75, 3.05) is 5.32 Å². The third kappa shape index (κ3) is 3.33. The fourth-order valence-corrected chi connectivity index (χ4v) is 2.23. The average Bonchev–Trinajstić information content (AvgIpc) is 2.96. The van der Waals surface area contributed by atoms with Crippen molar-refractivity contribution in [3.8, 4) is 5.75 Å². The molecule has 2 N–H and O–H groups in total. The molecule has 0 aliphatic heterocycles. The maximum atomic E-state index is 12.5. The third-order valence-electron chi connectivity index (χ3n) is 3.45. The number of aromatic hydroxyl groups is 1. The molecule has 6 heteroatoms. The number of aromatic nitrogens is 2. The summed E-state index contributed by atoms with van der Waals surface area (Å²) >= 11 is 0. The van der Waals surface area contributed by atoms with E-state index in [1.54, 1.807) is 43.4 Å². The molecule has 0 spiro atoms. The van der Waals surface area contributed by atoms with Crippen LogP contribution in [0, 0.1) is 0 Å². The summed E-state index contributed by atoms with van der Waals surface area (Å²) in [5.74, 6) is -0.175. The Bertz CT molecular complexity index is 885. The second kappa shape index (κ2) is 6.78. The van der Waals surface area contributed by atoms with E-state index in [4.69, 9.17) is 0 Å². The van der Waals surface area contributed by atoms with Gasteiger partial charge in [-0.1, -0.05) is 30.3 Å². The Hall–Kier alpha value is -3.41. The molecule has 0 bridgehead atoms. The fraction of sp³-hybridized carbons (Fsp3) is 0.0556. The largest absolute Gasteiger partial charge is 0.507 e. The number of amides is 1. The average molecular weight is 320 g/mol. The number of carbonyl (C=O) groups excluding carboxylic acids is 1. The Kier molecular flexibility index (Phi) is 4.38. The van der Waals surface area contributed by atoms with Gasteiger partial charge < -0.3 is 10.4 Å². The fourth-order valence-electron chi connectivity index (χ4n) is 2.23. The third-order valence-corrected chi connectivity index (χ3v) is 3.45. The minimum atomic E-state index is -0.300. The van der Waals surface area contributed by atoms with Crippen LogP contribution in [0.2, 0.25) is 0 Å². The van der Waals surface area contributed by atoms with E-state index >= 15 is 0 Å². The summed E-state index contributed by atoms with van der Waals surface area (Å²) in [5.41, 5.74) is 2.02. The van der Waals surface area contributed by atoms with Crippen molar-refractivity contribution in [2.24, 2.45) is 12.0 Å². The first-order chi connectivity index (χ1) is 11.6. The zero-order valence-electron chi connectivity index (χ0n) is 13.0. The van der Waals surface area contributed by atoms with Crippen molar-refractivity contribution in [3.63, 3.8) is 0 Å². The number of phenols is 1. The number of para-hydroxylation sites is 2. The van der Waals surface area contributed by atoms with E-state index in [-0.39, 0.29) is 11.7 Å². The molecule has 120 valence electrons. The van der Waals surface area contributed by atoms with Crippen molar-refractivity contribution < 1.29 is 9.90 Å². The second-order valence-corrected chi connectivity index (χ2v) is 5.14. The number of rotatable bonds is 4. The Morgan fingerprint density at radius 2 is 1.88 bits per heavy atom. The van der Waals surface area contributed by atoms with Gasteiger partial charge in [0.1, 0.15) is 11.4 Å². The predicted molar refractivity (Wildman–Crippen MR) is 93.0 cm³/mol. The van der Waals surface area contributed by atoms with Crippen molar-refractivity contribution >= 4 is 23.5 Å². The lowest BCUT2D eigenvalue weighted by molar-refractivity contribution is 0.101. The van der Waals surface area contributed by atoms with Crippen LogP contribution in [0.15, 0.2) is 65.8 Å². The molecule has 6 nitrogen and oxygen atoms in total. The van der Waals surface area contributed by atoms with Gasteiger partial charge in [-0.3, -0.25) is 14.5 Å². The molecule has 2 aromatic carbocycles. The van der Waals surface area contributed by atoms with Crippen LogP contribution in [-0.4, -0.2) is 27.0 Å². The lowest BCUT2D eigenvalue weighted by atomic mass is 10.2. The summed E-state index contributed by atoms with van der Waals surface area (Å²) in [7, 11) is 1.68. The van der Waals surface area contributed by atoms with Gasteiger partial charge in [-0.05, 0) is 24.3 Å². The van der Waals surface area contributed by atoms with Crippen molar-refractivity contribution in [3.05, 3.63) is 72.1 Å². The highest BCUT2D eigenvalue weighted by Crippen LogP contribution is 2.21. The lowest BCUT2D eigenvalue weighted by Gasteiger charge is -2.06. The van der Waals surface area contributed by atoms with E-state index in [1.807, 2.05) is 18.2 Å². The van der Waals surface area contributed by atoms with Gasteiger partial charge in [0.15, 0.2) is 5.69 Å². The SMILES string of the molecule is Cn1ncc(N=Cc2ccccc2O)c1C(=O)Nc1ccccc1. The number of anilines is 1. The van der Waals surface area contributed by atoms with Crippen LogP contribution in [-0.2, 0) is 7.05 Å². The number of aryl methyl sites for hydroxylation is 1.